The molecular weight excluding hydrogens is 389 g/mol. The largest absolute Gasteiger partial charge is 0.398 e. The fraction of sp³-hybridized carbons (Fsp3) is 0.273. The average Bonchev–Trinajstić information content (AvgIpc) is 3.03. The lowest BCUT2D eigenvalue weighted by Gasteiger charge is -2.15. The first-order valence-corrected chi connectivity index (χ1v) is 9.69. The maximum atomic E-state index is 14.3. The number of fused-ring (bicyclic) bond motifs is 1. The van der Waals surface area contributed by atoms with E-state index in [4.69, 9.17) is 17.3 Å². The molecule has 1 atom stereocenters. The Morgan fingerprint density at radius 2 is 2.14 bits per heavy atom. The Hall–Kier alpha value is -2.88. The number of benzene rings is 2. The van der Waals surface area contributed by atoms with Crippen LogP contribution in [0, 0.1) is 23.1 Å². The molecule has 0 saturated carbocycles. The minimum atomic E-state index is -0.536. The van der Waals surface area contributed by atoms with Crippen LogP contribution in [0.1, 0.15) is 18.9 Å². The molecule has 3 aromatic rings. The molecule has 5 nitrogen and oxygen atoms in total. The van der Waals surface area contributed by atoms with Crippen LogP contribution in [-0.4, -0.2) is 35.0 Å². The molecule has 1 saturated heterocycles. The van der Waals surface area contributed by atoms with E-state index in [1.807, 2.05) is 6.07 Å². The molecule has 4 rings (SSSR count). The highest BCUT2D eigenvalue weighted by molar-refractivity contribution is 6.31. The summed E-state index contributed by atoms with van der Waals surface area (Å²) < 4.78 is 14.3. The summed E-state index contributed by atoms with van der Waals surface area (Å²) in [5.74, 6) is 6.53. The SMILES string of the molecule is CN1CC[C@](C)(C#Cc2cc3ncnc(Nc4cccc(Cl)c4F)c3cc2N)C1. The van der Waals surface area contributed by atoms with Crippen molar-refractivity contribution in [1.29, 1.82) is 0 Å². The molecule has 1 aromatic heterocycles. The maximum absolute atomic E-state index is 14.3. The molecule has 0 radical (unpaired) electrons. The topological polar surface area (TPSA) is 67.1 Å². The number of hydrogen-bond acceptors (Lipinski definition) is 5. The third kappa shape index (κ3) is 3.98. The van der Waals surface area contributed by atoms with Crippen LogP contribution >= 0.6 is 11.6 Å². The van der Waals surface area contributed by atoms with Crippen LogP contribution in [0.5, 0.6) is 0 Å². The fourth-order valence-corrected chi connectivity index (χ4v) is 3.74. The zero-order valence-corrected chi connectivity index (χ0v) is 17.0. The van der Waals surface area contributed by atoms with E-state index in [9.17, 15) is 4.39 Å². The van der Waals surface area contributed by atoms with Crippen molar-refractivity contribution in [1.82, 2.24) is 14.9 Å². The normalized spacial score (nSPS) is 19.2. The molecule has 2 aromatic carbocycles. The van der Waals surface area contributed by atoms with Gasteiger partial charge in [0.2, 0.25) is 0 Å². The van der Waals surface area contributed by atoms with Gasteiger partial charge in [-0.2, -0.15) is 0 Å². The van der Waals surface area contributed by atoms with Gasteiger partial charge < -0.3 is 16.0 Å². The molecule has 0 aliphatic carbocycles. The van der Waals surface area contributed by atoms with E-state index >= 15 is 0 Å². The van der Waals surface area contributed by atoms with E-state index in [0.29, 0.717) is 22.4 Å². The number of hydrogen-bond donors (Lipinski definition) is 2. The van der Waals surface area contributed by atoms with Gasteiger partial charge in [0.25, 0.3) is 0 Å². The van der Waals surface area contributed by atoms with Gasteiger partial charge in [0.05, 0.1) is 16.2 Å². The molecule has 0 spiro atoms. The van der Waals surface area contributed by atoms with Crippen molar-refractivity contribution in [2.75, 3.05) is 31.2 Å². The lowest BCUT2D eigenvalue weighted by atomic mass is 9.90. The Morgan fingerprint density at radius 3 is 2.90 bits per heavy atom. The molecule has 1 fully saturated rings. The van der Waals surface area contributed by atoms with Crippen LogP contribution in [0.2, 0.25) is 5.02 Å². The number of nitrogen functional groups attached to an aromatic ring is 1. The number of halogens is 2. The average molecular weight is 410 g/mol. The number of nitrogens with zero attached hydrogens (tertiary/aromatic N) is 3. The second-order valence-electron chi connectivity index (χ2n) is 7.70. The smallest absolute Gasteiger partial charge is 0.165 e. The standard InChI is InChI=1S/C22H21ClFN5/c1-22(8-9-29(2)12-22)7-6-14-10-19-15(11-17(14)25)21(27-13-26-19)28-18-5-3-4-16(23)20(18)24/h3-5,10-11,13H,8-9,12,25H2,1-2H3,(H,26,27,28)/t22-/m0/s1. The summed E-state index contributed by atoms with van der Waals surface area (Å²) in [5, 5.41) is 3.70. The van der Waals surface area contributed by atoms with Gasteiger partial charge in [-0.3, -0.25) is 0 Å². The highest BCUT2D eigenvalue weighted by atomic mass is 35.5. The van der Waals surface area contributed by atoms with Gasteiger partial charge in [-0.1, -0.05) is 29.5 Å². The van der Waals surface area contributed by atoms with Crippen molar-refractivity contribution in [2.24, 2.45) is 5.41 Å². The zero-order chi connectivity index (χ0) is 20.6. The Morgan fingerprint density at radius 1 is 1.31 bits per heavy atom. The predicted octanol–water partition coefficient (Wildman–Crippen LogP) is 4.44. The Labute approximate surface area is 174 Å². The van der Waals surface area contributed by atoms with Crippen LogP contribution in [0.4, 0.5) is 21.6 Å². The maximum Gasteiger partial charge on any atom is 0.165 e. The van der Waals surface area contributed by atoms with Gasteiger partial charge in [0.15, 0.2) is 5.82 Å². The summed E-state index contributed by atoms with van der Waals surface area (Å²) in [6.07, 6.45) is 2.46. The predicted molar refractivity (Wildman–Crippen MR) is 116 cm³/mol. The second-order valence-corrected chi connectivity index (χ2v) is 8.11. The minimum Gasteiger partial charge on any atom is -0.398 e. The molecule has 2 heterocycles. The highest BCUT2D eigenvalue weighted by Gasteiger charge is 2.29. The zero-order valence-electron chi connectivity index (χ0n) is 16.3. The third-order valence-electron chi connectivity index (χ3n) is 5.17. The van der Waals surface area contributed by atoms with E-state index in [1.54, 1.807) is 18.2 Å². The monoisotopic (exact) mass is 409 g/mol. The molecule has 0 bridgehead atoms. The number of aromatic nitrogens is 2. The molecule has 1 aliphatic rings. The lowest BCUT2D eigenvalue weighted by molar-refractivity contribution is 0.373. The van der Waals surface area contributed by atoms with Crippen LogP contribution < -0.4 is 11.1 Å². The number of rotatable bonds is 2. The fourth-order valence-electron chi connectivity index (χ4n) is 3.57. The van der Waals surface area contributed by atoms with E-state index < -0.39 is 5.82 Å². The first kappa shape index (κ1) is 19.4. The Balaban J connectivity index is 1.70. The Bertz CT molecular complexity index is 1150. The van der Waals surface area contributed by atoms with Crippen LogP contribution in [0.25, 0.3) is 10.9 Å². The van der Waals surface area contributed by atoms with Crippen molar-refractivity contribution in [3.05, 3.63) is 53.1 Å². The van der Waals surface area contributed by atoms with Crippen molar-refractivity contribution < 1.29 is 4.39 Å². The highest BCUT2D eigenvalue weighted by Crippen LogP contribution is 2.31. The van der Waals surface area contributed by atoms with Crippen molar-refractivity contribution in [2.45, 2.75) is 13.3 Å². The number of likely N-dealkylation sites (tertiary alicyclic amines) is 1. The minimum absolute atomic E-state index is 0.0384. The summed E-state index contributed by atoms with van der Waals surface area (Å²) in [7, 11) is 2.10. The number of anilines is 3. The Kier molecular flexibility index (Phi) is 5.03. The molecular formula is C22H21ClFN5. The lowest BCUT2D eigenvalue weighted by Crippen LogP contribution is -2.20. The molecule has 7 heteroatoms. The van der Waals surface area contributed by atoms with Crippen LogP contribution in [0.15, 0.2) is 36.7 Å². The van der Waals surface area contributed by atoms with E-state index in [1.165, 1.54) is 12.4 Å². The molecule has 3 N–H and O–H groups in total. The summed E-state index contributed by atoms with van der Waals surface area (Å²) in [6, 6.07) is 8.37. The summed E-state index contributed by atoms with van der Waals surface area (Å²) in [4.78, 5) is 10.9. The van der Waals surface area contributed by atoms with Crippen LogP contribution in [-0.2, 0) is 0 Å². The first-order chi connectivity index (χ1) is 13.8. The van der Waals surface area contributed by atoms with E-state index in [2.05, 4.69) is 46.0 Å². The molecule has 1 aliphatic heterocycles. The van der Waals surface area contributed by atoms with E-state index in [-0.39, 0.29) is 16.1 Å². The summed E-state index contributed by atoms with van der Waals surface area (Å²) >= 11 is 5.87. The number of nitrogens with one attached hydrogen (secondary N) is 1. The third-order valence-corrected chi connectivity index (χ3v) is 5.47. The van der Waals surface area contributed by atoms with Crippen molar-refractivity contribution >= 4 is 39.7 Å². The summed E-state index contributed by atoms with van der Waals surface area (Å²) in [6.45, 7) is 4.15. The van der Waals surface area contributed by atoms with Gasteiger partial charge in [0, 0.05) is 28.6 Å². The van der Waals surface area contributed by atoms with Crippen LogP contribution in [0.3, 0.4) is 0 Å². The molecule has 29 heavy (non-hydrogen) atoms. The van der Waals surface area contributed by atoms with Gasteiger partial charge >= 0.3 is 0 Å². The van der Waals surface area contributed by atoms with Crippen molar-refractivity contribution in [3.63, 3.8) is 0 Å². The molecule has 148 valence electrons. The number of nitrogens with two attached hydrogens (primary N) is 1. The summed E-state index contributed by atoms with van der Waals surface area (Å²) in [5.41, 5.74) is 8.40. The molecule has 0 unspecified atom stereocenters. The van der Waals surface area contributed by atoms with Gasteiger partial charge in [-0.25, -0.2) is 14.4 Å². The van der Waals surface area contributed by atoms with Gasteiger partial charge in [0.1, 0.15) is 12.1 Å². The van der Waals surface area contributed by atoms with E-state index in [0.717, 1.165) is 25.1 Å². The second kappa shape index (κ2) is 7.51. The van der Waals surface area contributed by atoms with Crippen molar-refractivity contribution in [3.8, 4) is 11.8 Å². The molecule has 0 amide bonds. The van der Waals surface area contributed by atoms with Gasteiger partial charge in [-0.15, -0.1) is 0 Å². The van der Waals surface area contributed by atoms with Gasteiger partial charge in [-0.05, 0) is 51.2 Å². The quantitative estimate of drug-likeness (QED) is 0.483. The first-order valence-electron chi connectivity index (χ1n) is 9.32.